The van der Waals surface area contributed by atoms with Crippen molar-refractivity contribution in [2.24, 2.45) is 0 Å². The molecule has 1 aromatic carbocycles. The van der Waals surface area contributed by atoms with Crippen LogP contribution in [0.3, 0.4) is 0 Å². The fraction of sp³-hybridized carbons (Fsp3) is 0.143. The van der Waals surface area contributed by atoms with Crippen molar-refractivity contribution in [3.8, 4) is 0 Å². The highest BCUT2D eigenvalue weighted by Crippen LogP contribution is 2.26. The van der Waals surface area contributed by atoms with Crippen LogP contribution in [0.4, 0.5) is 0 Å². The van der Waals surface area contributed by atoms with Gasteiger partial charge in [-0.05, 0) is 19.1 Å². The van der Waals surface area contributed by atoms with Crippen LogP contribution in [0.1, 0.15) is 33.0 Å². The Kier molecular flexibility index (Phi) is 4.09. The summed E-state index contributed by atoms with van der Waals surface area (Å²) in [6.45, 7) is 1.67. The van der Waals surface area contributed by atoms with E-state index in [0.29, 0.717) is 10.4 Å². The van der Waals surface area contributed by atoms with Gasteiger partial charge in [0.25, 0.3) is 5.91 Å². The number of thiophene rings is 1. The first kappa shape index (κ1) is 13.5. The number of hydroxylamine groups is 1. The fourth-order valence-electron chi connectivity index (χ4n) is 1.67. The molecule has 1 atom stereocenters. The summed E-state index contributed by atoms with van der Waals surface area (Å²) in [5.41, 5.74) is 2.24. The molecule has 0 saturated carbocycles. The SMILES string of the molecule is CC(C(=O)NO)c1ccc(C(=O)c2ccccc2)s1. The van der Waals surface area contributed by atoms with E-state index in [1.807, 2.05) is 18.2 Å². The molecule has 5 heteroatoms. The highest BCUT2D eigenvalue weighted by atomic mass is 32.1. The third kappa shape index (κ3) is 2.89. The predicted octanol–water partition coefficient (Wildman–Crippen LogP) is 2.59. The second kappa shape index (κ2) is 5.77. The molecule has 2 aromatic rings. The smallest absolute Gasteiger partial charge is 0.251 e. The normalized spacial score (nSPS) is 11.9. The van der Waals surface area contributed by atoms with Crippen molar-refractivity contribution in [3.05, 3.63) is 57.8 Å². The third-order valence-electron chi connectivity index (χ3n) is 2.82. The monoisotopic (exact) mass is 275 g/mol. The van der Waals surface area contributed by atoms with Crippen molar-refractivity contribution in [3.63, 3.8) is 0 Å². The molecule has 0 spiro atoms. The van der Waals surface area contributed by atoms with E-state index in [0.717, 1.165) is 4.88 Å². The molecule has 0 aliphatic rings. The lowest BCUT2D eigenvalue weighted by atomic mass is 10.1. The quantitative estimate of drug-likeness (QED) is 0.512. The van der Waals surface area contributed by atoms with Crippen molar-refractivity contribution in [1.29, 1.82) is 0 Å². The number of ketones is 1. The van der Waals surface area contributed by atoms with E-state index in [1.54, 1.807) is 36.7 Å². The van der Waals surface area contributed by atoms with E-state index < -0.39 is 11.8 Å². The molecule has 1 aromatic heterocycles. The van der Waals surface area contributed by atoms with Crippen LogP contribution in [0.5, 0.6) is 0 Å². The average Bonchev–Trinajstić information content (AvgIpc) is 2.95. The Bertz CT molecular complexity index is 592. The largest absolute Gasteiger partial charge is 0.289 e. The molecule has 0 aliphatic carbocycles. The number of nitrogens with one attached hydrogen (secondary N) is 1. The summed E-state index contributed by atoms with van der Waals surface area (Å²) in [6.07, 6.45) is 0. The number of carbonyl (C=O) groups is 2. The van der Waals surface area contributed by atoms with Gasteiger partial charge >= 0.3 is 0 Å². The summed E-state index contributed by atoms with van der Waals surface area (Å²) in [5, 5.41) is 8.60. The minimum atomic E-state index is -0.486. The molecule has 2 rings (SSSR count). The van der Waals surface area contributed by atoms with Crippen LogP contribution < -0.4 is 5.48 Å². The van der Waals surface area contributed by atoms with Crippen molar-refractivity contribution >= 4 is 23.0 Å². The number of rotatable bonds is 4. The van der Waals surface area contributed by atoms with Crippen LogP contribution in [-0.4, -0.2) is 16.9 Å². The van der Waals surface area contributed by atoms with Gasteiger partial charge < -0.3 is 0 Å². The number of carbonyl (C=O) groups excluding carboxylic acids is 2. The molecule has 1 heterocycles. The maximum Gasteiger partial charge on any atom is 0.251 e. The number of hydrogen-bond acceptors (Lipinski definition) is 4. The van der Waals surface area contributed by atoms with Gasteiger partial charge in [-0.1, -0.05) is 30.3 Å². The van der Waals surface area contributed by atoms with E-state index in [1.165, 1.54) is 11.3 Å². The van der Waals surface area contributed by atoms with Crippen LogP contribution in [0.15, 0.2) is 42.5 Å². The molecule has 1 unspecified atom stereocenters. The average molecular weight is 275 g/mol. The van der Waals surface area contributed by atoms with Gasteiger partial charge in [-0.2, -0.15) is 0 Å². The fourth-order valence-corrected chi connectivity index (χ4v) is 2.69. The summed E-state index contributed by atoms with van der Waals surface area (Å²) in [7, 11) is 0. The van der Waals surface area contributed by atoms with E-state index in [4.69, 9.17) is 5.21 Å². The maximum absolute atomic E-state index is 12.2. The maximum atomic E-state index is 12.2. The topological polar surface area (TPSA) is 66.4 Å². The van der Waals surface area contributed by atoms with Crippen LogP contribution in [0, 0.1) is 0 Å². The van der Waals surface area contributed by atoms with Gasteiger partial charge in [0.05, 0.1) is 10.8 Å². The Labute approximate surface area is 114 Å². The Balaban J connectivity index is 2.22. The number of hydrogen-bond donors (Lipinski definition) is 2. The highest BCUT2D eigenvalue weighted by molar-refractivity contribution is 7.14. The van der Waals surface area contributed by atoms with Gasteiger partial charge in [-0.25, -0.2) is 5.48 Å². The molecule has 98 valence electrons. The minimum absolute atomic E-state index is 0.0616. The van der Waals surface area contributed by atoms with Gasteiger partial charge in [-0.15, -0.1) is 11.3 Å². The number of amides is 1. The van der Waals surface area contributed by atoms with Crippen LogP contribution in [0.25, 0.3) is 0 Å². The molecule has 1 amide bonds. The molecule has 19 heavy (non-hydrogen) atoms. The number of benzene rings is 1. The van der Waals surface area contributed by atoms with Crippen LogP contribution in [-0.2, 0) is 4.79 Å². The van der Waals surface area contributed by atoms with E-state index >= 15 is 0 Å². The standard InChI is InChI=1S/C14H13NO3S/c1-9(14(17)15-18)11-7-8-12(19-11)13(16)10-5-3-2-4-6-10/h2-9,18H,1H3,(H,15,17). The van der Waals surface area contributed by atoms with Gasteiger partial charge in [-0.3, -0.25) is 14.8 Å². The van der Waals surface area contributed by atoms with Crippen molar-refractivity contribution in [2.75, 3.05) is 0 Å². The lowest BCUT2D eigenvalue weighted by Gasteiger charge is -2.05. The Hall–Kier alpha value is -1.98. The Morgan fingerprint density at radius 2 is 1.84 bits per heavy atom. The van der Waals surface area contributed by atoms with Crippen molar-refractivity contribution in [1.82, 2.24) is 5.48 Å². The zero-order valence-electron chi connectivity index (χ0n) is 10.3. The zero-order chi connectivity index (χ0) is 13.8. The Morgan fingerprint density at radius 1 is 1.16 bits per heavy atom. The van der Waals surface area contributed by atoms with Gasteiger partial charge in [0.2, 0.25) is 5.78 Å². The molecular formula is C14H13NO3S. The van der Waals surface area contributed by atoms with Crippen LogP contribution >= 0.6 is 11.3 Å². The summed E-state index contributed by atoms with van der Waals surface area (Å²) in [5.74, 6) is -1.03. The first-order chi connectivity index (χ1) is 9.13. The second-order valence-electron chi connectivity index (χ2n) is 4.09. The van der Waals surface area contributed by atoms with Gasteiger partial charge in [0, 0.05) is 10.4 Å². The summed E-state index contributed by atoms with van der Waals surface area (Å²) in [4.78, 5) is 24.8. The molecule has 2 N–H and O–H groups in total. The predicted molar refractivity (Wildman–Crippen MR) is 72.5 cm³/mol. The second-order valence-corrected chi connectivity index (χ2v) is 5.21. The zero-order valence-corrected chi connectivity index (χ0v) is 11.1. The first-order valence-corrected chi connectivity index (χ1v) is 6.58. The summed E-state index contributed by atoms with van der Waals surface area (Å²) >= 11 is 1.27. The van der Waals surface area contributed by atoms with Crippen molar-refractivity contribution < 1.29 is 14.8 Å². The molecule has 0 bridgehead atoms. The molecular weight excluding hydrogens is 262 g/mol. The lowest BCUT2D eigenvalue weighted by Crippen LogP contribution is -2.23. The van der Waals surface area contributed by atoms with E-state index in [9.17, 15) is 9.59 Å². The van der Waals surface area contributed by atoms with Crippen molar-refractivity contribution in [2.45, 2.75) is 12.8 Å². The summed E-state index contributed by atoms with van der Waals surface area (Å²) < 4.78 is 0. The van der Waals surface area contributed by atoms with E-state index in [-0.39, 0.29) is 5.78 Å². The Morgan fingerprint density at radius 3 is 2.47 bits per heavy atom. The highest BCUT2D eigenvalue weighted by Gasteiger charge is 2.19. The molecule has 0 saturated heterocycles. The van der Waals surface area contributed by atoms with Gasteiger partial charge in [0.15, 0.2) is 0 Å². The lowest BCUT2D eigenvalue weighted by molar-refractivity contribution is -0.130. The first-order valence-electron chi connectivity index (χ1n) is 5.77. The minimum Gasteiger partial charge on any atom is -0.289 e. The van der Waals surface area contributed by atoms with Crippen LogP contribution in [0.2, 0.25) is 0 Å². The third-order valence-corrected chi connectivity index (χ3v) is 4.08. The van der Waals surface area contributed by atoms with Gasteiger partial charge in [0.1, 0.15) is 0 Å². The van der Waals surface area contributed by atoms with E-state index in [2.05, 4.69) is 0 Å². The molecule has 0 radical (unpaired) electrons. The molecule has 0 fully saturated rings. The summed E-state index contributed by atoms with van der Waals surface area (Å²) in [6, 6.07) is 12.4. The molecule has 4 nitrogen and oxygen atoms in total. The molecule has 0 aliphatic heterocycles.